The molecule has 1 aromatic heterocycles. The minimum atomic E-state index is -0.383. The SMILES string of the molecule is Cn1ncc(CNC(=O)Nc2cc(Cl)cc(Cl)c2)c1N. The van der Waals surface area contributed by atoms with E-state index in [-0.39, 0.29) is 12.6 Å². The smallest absolute Gasteiger partial charge is 0.319 e. The van der Waals surface area contributed by atoms with E-state index in [9.17, 15) is 4.79 Å². The number of carbonyl (C=O) groups is 1. The van der Waals surface area contributed by atoms with Crippen molar-refractivity contribution in [2.45, 2.75) is 6.54 Å². The van der Waals surface area contributed by atoms with Crippen LogP contribution in [-0.4, -0.2) is 15.8 Å². The summed E-state index contributed by atoms with van der Waals surface area (Å²) in [5.74, 6) is 0.510. The van der Waals surface area contributed by atoms with Gasteiger partial charge >= 0.3 is 6.03 Å². The molecule has 0 bridgehead atoms. The number of aromatic nitrogens is 2. The fraction of sp³-hybridized carbons (Fsp3) is 0.167. The van der Waals surface area contributed by atoms with E-state index in [0.29, 0.717) is 21.6 Å². The van der Waals surface area contributed by atoms with Crippen LogP contribution in [0.1, 0.15) is 5.56 Å². The second kappa shape index (κ2) is 6.02. The summed E-state index contributed by atoms with van der Waals surface area (Å²) < 4.78 is 1.53. The van der Waals surface area contributed by atoms with E-state index in [1.807, 2.05) is 0 Å². The molecule has 4 N–H and O–H groups in total. The molecule has 1 aromatic carbocycles. The summed E-state index contributed by atoms with van der Waals surface area (Å²) in [6.45, 7) is 0.278. The van der Waals surface area contributed by atoms with Crippen molar-refractivity contribution in [3.63, 3.8) is 0 Å². The van der Waals surface area contributed by atoms with Crippen LogP contribution in [0.3, 0.4) is 0 Å². The molecular weight excluding hydrogens is 301 g/mol. The molecule has 106 valence electrons. The lowest BCUT2D eigenvalue weighted by Crippen LogP contribution is -2.28. The molecule has 0 aliphatic heterocycles. The van der Waals surface area contributed by atoms with Crippen molar-refractivity contribution in [1.82, 2.24) is 15.1 Å². The summed E-state index contributed by atoms with van der Waals surface area (Å²) in [7, 11) is 1.73. The summed E-state index contributed by atoms with van der Waals surface area (Å²) in [4.78, 5) is 11.8. The number of nitrogen functional groups attached to an aromatic ring is 1. The average molecular weight is 314 g/mol. The van der Waals surface area contributed by atoms with Crippen LogP contribution in [-0.2, 0) is 13.6 Å². The highest BCUT2D eigenvalue weighted by Gasteiger charge is 2.07. The number of nitrogens with one attached hydrogen (secondary N) is 2. The molecule has 0 atom stereocenters. The van der Waals surface area contributed by atoms with E-state index >= 15 is 0 Å². The first-order valence-electron chi connectivity index (χ1n) is 5.73. The first kappa shape index (κ1) is 14.5. The fourth-order valence-electron chi connectivity index (χ4n) is 1.61. The largest absolute Gasteiger partial charge is 0.384 e. The van der Waals surface area contributed by atoms with Gasteiger partial charge in [-0.15, -0.1) is 0 Å². The van der Waals surface area contributed by atoms with Crippen molar-refractivity contribution in [2.24, 2.45) is 7.05 Å². The molecule has 0 fully saturated rings. The molecule has 2 amide bonds. The zero-order valence-electron chi connectivity index (χ0n) is 10.7. The number of anilines is 2. The molecule has 8 heteroatoms. The minimum absolute atomic E-state index is 0.278. The molecule has 1 heterocycles. The van der Waals surface area contributed by atoms with Crippen LogP contribution in [0.5, 0.6) is 0 Å². The van der Waals surface area contributed by atoms with Gasteiger partial charge in [0.2, 0.25) is 0 Å². The Morgan fingerprint density at radius 3 is 2.55 bits per heavy atom. The predicted octanol–water partition coefficient (Wildman–Crippen LogP) is 2.63. The molecule has 0 aliphatic rings. The normalized spacial score (nSPS) is 10.3. The van der Waals surface area contributed by atoms with Crippen LogP contribution < -0.4 is 16.4 Å². The van der Waals surface area contributed by atoms with Gasteiger partial charge in [0.1, 0.15) is 5.82 Å². The third-order valence-corrected chi connectivity index (χ3v) is 3.06. The lowest BCUT2D eigenvalue weighted by Gasteiger charge is -2.08. The Labute approximate surface area is 125 Å². The third-order valence-electron chi connectivity index (χ3n) is 2.62. The number of urea groups is 1. The third kappa shape index (κ3) is 3.55. The van der Waals surface area contributed by atoms with Gasteiger partial charge in [0.15, 0.2) is 0 Å². The number of aryl methyl sites for hydroxylation is 1. The molecule has 2 rings (SSSR count). The Balaban J connectivity index is 1.94. The van der Waals surface area contributed by atoms with E-state index in [4.69, 9.17) is 28.9 Å². The number of halogens is 2. The van der Waals surface area contributed by atoms with Crippen molar-refractivity contribution in [3.05, 3.63) is 40.0 Å². The van der Waals surface area contributed by atoms with Crippen molar-refractivity contribution in [3.8, 4) is 0 Å². The van der Waals surface area contributed by atoms with Crippen molar-refractivity contribution in [1.29, 1.82) is 0 Å². The van der Waals surface area contributed by atoms with Crippen molar-refractivity contribution >= 4 is 40.7 Å². The van der Waals surface area contributed by atoms with Gasteiger partial charge in [-0.3, -0.25) is 4.68 Å². The number of hydrogen-bond donors (Lipinski definition) is 3. The number of rotatable bonds is 3. The van der Waals surface area contributed by atoms with Gasteiger partial charge in [-0.2, -0.15) is 5.10 Å². The lowest BCUT2D eigenvalue weighted by molar-refractivity contribution is 0.252. The topological polar surface area (TPSA) is 85.0 Å². The summed E-state index contributed by atoms with van der Waals surface area (Å²) in [5.41, 5.74) is 7.03. The second-order valence-electron chi connectivity index (χ2n) is 4.14. The molecule has 0 aliphatic carbocycles. The Morgan fingerprint density at radius 2 is 2.00 bits per heavy atom. The molecule has 0 unspecified atom stereocenters. The standard InChI is InChI=1S/C12H13Cl2N5O/c1-19-11(15)7(6-17-19)5-16-12(20)18-10-3-8(13)2-9(14)4-10/h2-4,6H,5,15H2,1H3,(H2,16,18,20). The molecule has 0 radical (unpaired) electrons. The zero-order valence-corrected chi connectivity index (χ0v) is 12.2. The van der Waals surface area contributed by atoms with Gasteiger partial charge in [-0.25, -0.2) is 4.79 Å². The molecule has 20 heavy (non-hydrogen) atoms. The van der Waals surface area contributed by atoms with Gasteiger partial charge in [-0.1, -0.05) is 23.2 Å². The van der Waals surface area contributed by atoms with Gasteiger partial charge in [0, 0.05) is 34.9 Å². The quantitative estimate of drug-likeness (QED) is 0.814. The molecule has 0 saturated heterocycles. The first-order valence-corrected chi connectivity index (χ1v) is 6.48. The second-order valence-corrected chi connectivity index (χ2v) is 5.02. The number of nitrogens with zero attached hydrogens (tertiary/aromatic N) is 2. The first-order chi connectivity index (χ1) is 9.45. The Kier molecular flexibility index (Phi) is 4.36. The summed E-state index contributed by atoms with van der Waals surface area (Å²) >= 11 is 11.7. The monoisotopic (exact) mass is 313 g/mol. The molecule has 0 spiro atoms. The fourth-order valence-corrected chi connectivity index (χ4v) is 2.13. The van der Waals surface area contributed by atoms with E-state index in [2.05, 4.69) is 15.7 Å². The maximum Gasteiger partial charge on any atom is 0.319 e. The zero-order chi connectivity index (χ0) is 14.7. The van der Waals surface area contributed by atoms with Crippen molar-refractivity contribution in [2.75, 3.05) is 11.1 Å². The molecule has 6 nitrogen and oxygen atoms in total. The average Bonchev–Trinajstić information content (AvgIpc) is 2.66. The van der Waals surface area contributed by atoms with Gasteiger partial charge in [0.25, 0.3) is 0 Å². The summed E-state index contributed by atoms with van der Waals surface area (Å²) in [5, 5.41) is 10.2. The number of carbonyl (C=O) groups excluding carboxylic acids is 1. The Hall–Kier alpha value is -1.92. The van der Waals surface area contributed by atoms with Crippen molar-refractivity contribution < 1.29 is 4.79 Å². The lowest BCUT2D eigenvalue weighted by atomic mass is 10.3. The van der Waals surface area contributed by atoms with Crippen LogP contribution in [0.15, 0.2) is 24.4 Å². The van der Waals surface area contributed by atoms with Crippen LogP contribution in [0.4, 0.5) is 16.3 Å². The van der Waals surface area contributed by atoms with Gasteiger partial charge in [-0.05, 0) is 18.2 Å². The number of nitrogens with two attached hydrogens (primary N) is 1. The molecule has 0 saturated carbocycles. The molecule has 2 aromatic rings. The van der Waals surface area contributed by atoms with Crippen LogP contribution >= 0.6 is 23.2 Å². The van der Waals surface area contributed by atoms with E-state index in [1.165, 1.54) is 4.68 Å². The predicted molar refractivity (Wildman–Crippen MR) is 79.9 cm³/mol. The number of hydrogen-bond acceptors (Lipinski definition) is 3. The number of benzene rings is 1. The Morgan fingerprint density at radius 1 is 1.35 bits per heavy atom. The van der Waals surface area contributed by atoms with Crippen LogP contribution in [0.25, 0.3) is 0 Å². The maximum absolute atomic E-state index is 11.8. The van der Waals surface area contributed by atoms with E-state index in [0.717, 1.165) is 5.56 Å². The highest BCUT2D eigenvalue weighted by atomic mass is 35.5. The van der Waals surface area contributed by atoms with E-state index < -0.39 is 0 Å². The Bertz CT molecular complexity index is 621. The number of amides is 2. The van der Waals surface area contributed by atoms with Crippen LogP contribution in [0, 0.1) is 0 Å². The maximum atomic E-state index is 11.8. The van der Waals surface area contributed by atoms with Crippen LogP contribution in [0.2, 0.25) is 10.0 Å². The highest BCUT2D eigenvalue weighted by molar-refractivity contribution is 6.35. The summed E-state index contributed by atoms with van der Waals surface area (Å²) in [6, 6.07) is 4.41. The van der Waals surface area contributed by atoms with Gasteiger partial charge < -0.3 is 16.4 Å². The van der Waals surface area contributed by atoms with E-state index in [1.54, 1.807) is 31.4 Å². The minimum Gasteiger partial charge on any atom is -0.384 e. The van der Waals surface area contributed by atoms with Gasteiger partial charge in [0.05, 0.1) is 6.20 Å². The molecular formula is C12H13Cl2N5O. The highest BCUT2D eigenvalue weighted by Crippen LogP contribution is 2.22. The summed E-state index contributed by atoms with van der Waals surface area (Å²) in [6.07, 6.45) is 1.60.